The minimum absolute atomic E-state index is 0.170. The van der Waals surface area contributed by atoms with Crippen LogP contribution in [0.2, 0.25) is 0 Å². The van der Waals surface area contributed by atoms with Gasteiger partial charge in [-0.05, 0) is 32.6 Å². The molecule has 1 saturated carbocycles. The molecule has 0 amide bonds. The molecule has 2 aliphatic heterocycles. The molecule has 0 spiro atoms. The van der Waals surface area contributed by atoms with Gasteiger partial charge in [0.05, 0.1) is 19.5 Å². The van der Waals surface area contributed by atoms with Gasteiger partial charge in [-0.3, -0.25) is 4.57 Å². The smallest absolute Gasteiger partial charge is 0.320 e. The van der Waals surface area contributed by atoms with Gasteiger partial charge in [0.2, 0.25) is 0 Å². The predicted molar refractivity (Wildman–Crippen MR) is 97.4 cm³/mol. The quantitative estimate of drug-likeness (QED) is 0.767. The molecule has 0 bridgehead atoms. The Balaban J connectivity index is 1.47. The van der Waals surface area contributed by atoms with E-state index in [0.29, 0.717) is 23.7 Å². The molecule has 1 aliphatic carbocycles. The van der Waals surface area contributed by atoms with E-state index in [1.54, 1.807) is 10.9 Å². The Morgan fingerprint density at radius 2 is 2.07 bits per heavy atom. The second kappa shape index (κ2) is 6.51. The molecular formula is C18H25N5O5. The molecule has 4 heterocycles. The number of anilines is 1. The lowest BCUT2D eigenvalue weighted by atomic mass is 9.86. The van der Waals surface area contributed by atoms with Crippen LogP contribution in [0.25, 0.3) is 11.2 Å². The molecule has 10 nitrogen and oxygen atoms in total. The minimum Gasteiger partial charge on any atom is -0.463 e. The van der Waals surface area contributed by atoms with Crippen LogP contribution < -0.4 is 10.5 Å². The summed E-state index contributed by atoms with van der Waals surface area (Å²) in [5, 5.41) is 9.70. The highest BCUT2D eigenvalue weighted by Crippen LogP contribution is 2.43. The highest BCUT2D eigenvalue weighted by atomic mass is 16.8. The molecule has 0 aromatic carbocycles. The maximum absolute atomic E-state index is 9.70. The molecule has 2 aromatic heterocycles. The third-order valence-electron chi connectivity index (χ3n) is 5.68. The van der Waals surface area contributed by atoms with Gasteiger partial charge < -0.3 is 29.8 Å². The van der Waals surface area contributed by atoms with Crippen molar-refractivity contribution in [1.82, 2.24) is 19.5 Å². The second-order valence-electron chi connectivity index (χ2n) is 8.14. The monoisotopic (exact) mass is 391 g/mol. The fourth-order valence-electron chi connectivity index (χ4n) is 4.05. The Morgan fingerprint density at radius 3 is 2.79 bits per heavy atom. The number of nitrogens with zero attached hydrogens (tertiary/aromatic N) is 4. The number of rotatable bonds is 5. The van der Waals surface area contributed by atoms with E-state index in [1.807, 2.05) is 13.8 Å². The first-order chi connectivity index (χ1) is 13.4. The van der Waals surface area contributed by atoms with Crippen LogP contribution in [0.15, 0.2) is 6.33 Å². The fourth-order valence-corrected chi connectivity index (χ4v) is 4.05. The van der Waals surface area contributed by atoms with Crippen molar-refractivity contribution in [3.8, 4) is 6.01 Å². The first kappa shape index (κ1) is 18.0. The van der Waals surface area contributed by atoms with Gasteiger partial charge in [0.1, 0.15) is 18.3 Å². The number of nitrogens with two attached hydrogens (primary N) is 1. The van der Waals surface area contributed by atoms with E-state index >= 15 is 0 Å². The topological polar surface area (TPSA) is 127 Å². The van der Waals surface area contributed by atoms with Crippen molar-refractivity contribution in [3.63, 3.8) is 0 Å². The van der Waals surface area contributed by atoms with Crippen LogP contribution in [0, 0.1) is 5.92 Å². The van der Waals surface area contributed by atoms with Gasteiger partial charge in [-0.1, -0.05) is 6.42 Å². The van der Waals surface area contributed by atoms with Crippen molar-refractivity contribution in [2.45, 2.75) is 63.4 Å². The van der Waals surface area contributed by atoms with Crippen LogP contribution >= 0.6 is 0 Å². The van der Waals surface area contributed by atoms with Crippen LogP contribution in [0.5, 0.6) is 6.01 Å². The zero-order valence-corrected chi connectivity index (χ0v) is 15.9. The fraction of sp³-hybridized carbons (Fsp3) is 0.722. The Bertz CT molecular complexity index is 883. The highest BCUT2D eigenvalue weighted by Gasteiger charge is 2.56. The Hall–Kier alpha value is -2.01. The van der Waals surface area contributed by atoms with Gasteiger partial charge >= 0.3 is 6.01 Å². The first-order valence-corrected chi connectivity index (χ1v) is 9.70. The van der Waals surface area contributed by atoms with Crippen LogP contribution in [0.1, 0.15) is 39.3 Å². The number of aliphatic hydroxyl groups is 1. The zero-order valence-electron chi connectivity index (χ0n) is 15.9. The molecule has 2 aromatic rings. The van der Waals surface area contributed by atoms with Crippen molar-refractivity contribution in [2.75, 3.05) is 18.9 Å². The van der Waals surface area contributed by atoms with Gasteiger partial charge in [0.25, 0.3) is 0 Å². The Kier molecular flexibility index (Phi) is 4.20. The van der Waals surface area contributed by atoms with E-state index in [-0.39, 0.29) is 24.5 Å². The molecule has 3 fully saturated rings. The zero-order chi connectivity index (χ0) is 19.5. The molecule has 3 aliphatic rings. The van der Waals surface area contributed by atoms with E-state index in [0.717, 1.165) is 0 Å². The number of fused-ring (bicyclic) bond motifs is 2. The number of nitrogen functional groups attached to an aromatic ring is 1. The van der Waals surface area contributed by atoms with Crippen LogP contribution in [0.4, 0.5) is 5.82 Å². The lowest BCUT2D eigenvalue weighted by Gasteiger charge is -2.25. The standard InChI is InChI=1S/C18H25N5O5/c1-18(2)27-12-10(6-24)26-16(13(12)28-18)23-8-20-11-14(19)21-17(22-15(11)23)25-7-9-4-3-5-9/h8-10,12-13,16,24H,3-7H2,1-2H3,(H2,19,21,22)/t10-,12-,13-,16-/m1/s1. The van der Waals surface area contributed by atoms with Crippen molar-refractivity contribution in [2.24, 2.45) is 5.92 Å². The lowest BCUT2D eigenvalue weighted by Crippen LogP contribution is -2.31. The largest absolute Gasteiger partial charge is 0.463 e. The number of aliphatic hydroxyl groups excluding tert-OH is 1. The van der Waals surface area contributed by atoms with E-state index < -0.39 is 24.2 Å². The van der Waals surface area contributed by atoms with Crippen LogP contribution in [-0.4, -0.2) is 61.9 Å². The number of hydrogen-bond donors (Lipinski definition) is 2. The van der Waals surface area contributed by atoms with Gasteiger partial charge in [0.15, 0.2) is 29.0 Å². The summed E-state index contributed by atoms with van der Waals surface area (Å²) in [6.07, 6.45) is 3.35. The minimum atomic E-state index is -0.758. The summed E-state index contributed by atoms with van der Waals surface area (Å²) in [6, 6.07) is 0.232. The third kappa shape index (κ3) is 2.91. The van der Waals surface area contributed by atoms with E-state index in [4.69, 9.17) is 24.7 Å². The maximum Gasteiger partial charge on any atom is 0.320 e. The molecule has 2 saturated heterocycles. The summed E-state index contributed by atoms with van der Waals surface area (Å²) < 4.78 is 25.5. The summed E-state index contributed by atoms with van der Waals surface area (Å²) >= 11 is 0. The van der Waals surface area contributed by atoms with Crippen LogP contribution in [0.3, 0.4) is 0 Å². The average molecular weight is 391 g/mol. The number of ether oxygens (including phenoxy) is 4. The summed E-state index contributed by atoms with van der Waals surface area (Å²) in [5.41, 5.74) is 7.06. The van der Waals surface area contributed by atoms with Gasteiger partial charge in [0, 0.05) is 0 Å². The van der Waals surface area contributed by atoms with E-state index in [2.05, 4.69) is 15.0 Å². The molecule has 0 radical (unpaired) electrons. The Morgan fingerprint density at radius 1 is 1.29 bits per heavy atom. The SMILES string of the molecule is CC1(C)O[C@@H]2[C@H](O1)[C@@H](CO)O[C@H]2n1cnc2c(N)nc(OCC3CCC3)nc21. The summed E-state index contributed by atoms with van der Waals surface area (Å²) in [7, 11) is 0. The summed E-state index contributed by atoms with van der Waals surface area (Å²) in [4.78, 5) is 13.1. The van der Waals surface area contributed by atoms with Crippen molar-refractivity contribution in [1.29, 1.82) is 0 Å². The van der Waals surface area contributed by atoms with E-state index in [9.17, 15) is 5.11 Å². The molecule has 5 rings (SSSR count). The Labute approximate surface area is 162 Å². The van der Waals surface area contributed by atoms with Gasteiger partial charge in [-0.15, -0.1) is 0 Å². The molecule has 28 heavy (non-hydrogen) atoms. The van der Waals surface area contributed by atoms with Crippen molar-refractivity contribution in [3.05, 3.63) is 6.33 Å². The van der Waals surface area contributed by atoms with Crippen LogP contribution in [-0.2, 0) is 14.2 Å². The third-order valence-corrected chi connectivity index (χ3v) is 5.68. The molecule has 0 unspecified atom stereocenters. The van der Waals surface area contributed by atoms with Gasteiger partial charge in [-0.25, -0.2) is 4.98 Å². The van der Waals surface area contributed by atoms with Gasteiger partial charge in [-0.2, -0.15) is 9.97 Å². The summed E-state index contributed by atoms with van der Waals surface area (Å²) in [6.45, 7) is 4.10. The average Bonchev–Trinajstić information content (AvgIpc) is 3.24. The lowest BCUT2D eigenvalue weighted by molar-refractivity contribution is -0.199. The molecule has 10 heteroatoms. The normalized spacial score (nSPS) is 31.8. The summed E-state index contributed by atoms with van der Waals surface area (Å²) in [5.74, 6) is 0.0529. The number of imidazole rings is 1. The van der Waals surface area contributed by atoms with Crippen molar-refractivity contribution < 1.29 is 24.1 Å². The highest BCUT2D eigenvalue weighted by molar-refractivity contribution is 5.82. The van der Waals surface area contributed by atoms with Crippen molar-refractivity contribution >= 4 is 17.0 Å². The first-order valence-electron chi connectivity index (χ1n) is 9.70. The second-order valence-corrected chi connectivity index (χ2v) is 8.14. The molecule has 4 atom stereocenters. The predicted octanol–water partition coefficient (Wildman–Crippen LogP) is 0.997. The molecule has 3 N–H and O–H groups in total. The molecular weight excluding hydrogens is 366 g/mol. The van der Waals surface area contributed by atoms with E-state index in [1.165, 1.54) is 19.3 Å². The maximum atomic E-state index is 9.70. The number of aromatic nitrogens is 4. The number of hydrogen-bond acceptors (Lipinski definition) is 9. The molecule has 152 valence electrons.